The monoisotopic (exact) mass is 398 g/mol. The molecule has 1 aliphatic rings. The van der Waals surface area contributed by atoms with Gasteiger partial charge in [0.25, 0.3) is 0 Å². The zero-order valence-electron chi connectivity index (χ0n) is 15.6. The van der Waals surface area contributed by atoms with E-state index in [1.807, 2.05) is 24.3 Å². The van der Waals surface area contributed by atoms with E-state index in [4.69, 9.17) is 14.2 Å². The van der Waals surface area contributed by atoms with Gasteiger partial charge >= 0.3 is 5.97 Å². The first-order valence-electron chi connectivity index (χ1n) is 8.67. The number of thioether (sulfide) groups is 1. The van der Waals surface area contributed by atoms with Gasteiger partial charge < -0.3 is 14.2 Å². The van der Waals surface area contributed by atoms with Crippen LogP contribution in [0.5, 0.6) is 11.5 Å². The lowest BCUT2D eigenvalue weighted by Gasteiger charge is -2.13. The maximum Gasteiger partial charge on any atom is 0.344 e. The molecular formula is C19H18N4O4S. The maximum atomic E-state index is 12.5. The highest BCUT2D eigenvalue weighted by Crippen LogP contribution is 2.47. The Morgan fingerprint density at radius 3 is 2.75 bits per heavy atom. The highest BCUT2D eigenvalue weighted by Gasteiger charge is 2.37. The summed E-state index contributed by atoms with van der Waals surface area (Å²) in [6, 6.07) is 11.5. The first-order valence-corrected chi connectivity index (χ1v) is 9.55. The molecule has 2 heterocycles. The number of carbonyl (C=O) groups is 1. The van der Waals surface area contributed by atoms with E-state index in [1.165, 1.54) is 26.0 Å². The molecule has 28 heavy (non-hydrogen) atoms. The molecule has 0 saturated heterocycles. The van der Waals surface area contributed by atoms with E-state index in [1.54, 1.807) is 16.8 Å². The molecule has 0 N–H and O–H groups in total. The van der Waals surface area contributed by atoms with Gasteiger partial charge in [0, 0.05) is 5.56 Å². The minimum atomic E-state index is -0.583. The van der Waals surface area contributed by atoms with Crippen molar-refractivity contribution in [2.45, 2.75) is 23.9 Å². The Hall–Kier alpha value is -3.07. The smallest absolute Gasteiger partial charge is 0.344 e. The summed E-state index contributed by atoms with van der Waals surface area (Å²) in [6.07, 6.45) is 0.846. The molecule has 0 radical (unpaired) electrons. The van der Waals surface area contributed by atoms with Crippen LogP contribution < -0.4 is 9.47 Å². The SMILES string of the molecule is CCc1ccccc1-n1nnnc1SC1OC(=O)c2c1ccc(OC)c2OC. The molecule has 0 aliphatic carbocycles. The van der Waals surface area contributed by atoms with E-state index in [0.29, 0.717) is 27.8 Å². The van der Waals surface area contributed by atoms with Gasteiger partial charge in [-0.15, -0.1) is 5.10 Å². The van der Waals surface area contributed by atoms with E-state index in [2.05, 4.69) is 22.4 Å². The molecule has 8 nitrogen and oxygen atoms in total. The molecular weight excluding hydrogens is 380 g/mol. The van der Waals surface area contributed by atoms with Crippen LogP contribution in [0.1, 0.15) is 33.8 Å². The highest BCUT2D eigenvalue weighted by molar-refractivity contribution is 7.99. The van der Waals surface area contributed by atoms with Gasteiger partial charge in [0.1, 0.15) is 5.56 Å². The molecule has 0 amide bonds. The van der Waals surface area contributed by atoms with Crippen molar-refractivity contribution >= 4 is 17.7 Å². The van der Waals surface area contributed by atoms with Gasteiger partial charge in [-0.05, 0) is 52.4 Å². The summed E-state index contributed by atoms with van der Waals surface area (Å²) < 4.78 is 17.9. The van der Waals surface area contributed by atoms with Crippen molar-refractivity contribution in [1.29, 1.82) is 0 Å². The zero-order chi connectivity index (χ0) is 19.7. The molecule has 0 fully saturated rings. The lowest BCUT2D eigenvalue weighted by atomic mass is 10.1. The zero-order valence-corrected chi connectivity index (χ0v) is 16.4. The van der Waals surface area contributed by atoms with Crippen molar-refractivity contribution < 1.29 is 19.0 Å². The molecule has 3 aromatic rings. The maximum absolute atomic E-state index is 12.5. The Morgan fingerprint density at radius 2 is 2.00 bits per heavy atom. The van der Waals surface area contributed by atoms with Crippen molar-refractivity contribution in [1.82, 2.24) is 20.2 Å². The van der Waals surface area contributed by atoms with E-state index in [0.717, 1.165) is 17.7 Å². The fourth-order valence-electron chi connectivity index (χ4n) is 3.17. The molecule has 0 saturated carbocycles. The fraction of sp³-hybridized carbons (Fsp3) is 0.263. The lowest BCUT2D eigenvalue weighted by molar-refractivity contribution is 0.0519. The molecule has 2 aromatic carbocycles. The molecule has 4 rings (SSSR count). The van der Waals surface area contributed by atoms with Gasteiger partial charge in [-0.1, -0.05) is 25.1 Å². The van der Waals surface area contributed by atoms with Gasteiger partial charge in [0.05, 0.1) is 19.9 Å². The molecule has 1 atom stereocenters. The Bertz CT molecular complexity index is 1040. The highest BCUT2D eigenvalue weighted by atomic mass is 32.2. The number of benzene rings is 2. The van der Waals surface area contributed by atoms with Crippen LogP contribution in [0.3, 0.4) is 0 Å². The first-order chi connectivity index (χ1) is 13.7. The number of carbonyl (C=O) groups excluding carboxylic acids is 1. The van der Waals surface area contributed by atoms with Crippen molar-refractivity contribution in [2.24, 2.45) is 0 Å². The van der Waals surface area contributed by atoms with Crippen LogP contribution in [0, 0.1) is 0 Å². The van der Waals surface area contributed by atoms with Gasteiger partial charge in [0.2, 0.25) is 5.16 Å². The second-order valence-corrected chi connectivity index (χ2v) is 7.00. The number of hydrogen-bond acceptors (Lipinski definition) is 8. The number of methoxy groups -OCH3 is 2. The van der Waals surface area contributed by atoms with Crippen molar-refractivity contribution in [3.8, 4) is 17.2 Å². The van der Waals surface area contributed by atoms with Crippen LogP contribution in [0.15, 0.2) is 41.6 Å². The molecule has 1 aliphatic heterocycles. The third-order valence-corrected chi connectivity index (χ3v) is 5.53. The second-order valence-electron chi connectivity index (χ2n) is 5.98. The summed E-state index contributed by atoms with van der Waals surface area (Å²) in [5.41, 5.74) is 2.50. The Kier molecular flexibility index (Phi) is 4.91. The third kappa shape index (κ3) is 2.97. The number of rotatable bonds is 6. The van der Waals surface area contributed by atoms with Crippen LogP contribution in [0.4, 0.5) is 0 Å². The van der Waals surface area contributed by atoms with Crippen LogP contribution in [0.2, 0.25) is 0 Å². The van der Waals surface area contributed by atoms with E-state index in [9.17, 15) is 4.79 Å². The number of para-hydroxylation sites is 1. The molecule has 0 bridgehead atoms. The topological polar surface area (TPSA) is 88.4 Å². The number of hydrogen-bond donors (Lipinski definition) is 0. The number of aryl methyl sites for hydroxylation is 1. The summed E-state index contributed by atoms with van der Waals surface area (Å²) in [6.45, 7) is 2.07. The summed E-state index contributed by atoms with van der Waals surface area (Å²) in [5.74, 6) is 0.380. The lowest BCUT2D eigenvalue weighted by Crippen LogP contribution is -2.04. The van der Waals surface area contributed by atoms with Gasteiger partial charge in [-0.25, -0.2) is 4.79 Å². The Morgan fingerprint density at radius 1 is 1.18 bits per heavy atom. The largest absolute Gasteiger partial charge is 0.493 e. The normalized spacial score (nSPS) is 15.2. The number of cyclic esters (lactones) is 1. The quantitative estimate of drug-likeness (QED) is 0.585. The number of fused-ring (bicyclic) bond motifs is 1. The predicted molar refractivity (Wildman–Crippen MR) is 102 cm³/mol. The third-order valence-electron chi connectivity index (χ3n) is 4.50. The summed E-state index contributed by atoms with van der Waals surface area (Å²) >= 11 is 1.27. The Labute approximate surface area is 165 Å². The van der Waals surface area contributed by atoms with Crippen LogP contribution in [-0.4, -0.2) is 40.4 Å². The first kappa shape index (κ1) is 18.3. The van der Waals surface area contributed by atoms with E-state index < -0.39 is 11.4 Å². The molecule has 1 aromatic heterocycles. The van der Waals surface area contributed by atoms with E-state index >= 15 is 0 Å². The van der Waals surface area contributed by atoms with Gasteiger partial charge in [-0.3, -0.25) is 0 Å². The molecule has 0 spiro atoms. The standard InChI is InChI=1S/C19H18N4O4S/c1-4-11-7-5-6-8-13(11)23-19(20-21-22-23)28-18-12-9-10-14(25-2)16(26-3)15(12)17(24)27-18/h5-10,18H,4H2,1-3H3. The van der Waals surface area contributed by atoms with Gasteiger partial charge in [0.15, 0.2) is 16.9 Å². The van der Waals surface area contributed by atoms with Gasteiger partial charge in [-0.2, -0.15) is 4.68 Å². The molecule has 1 unspecified atom stereocenters. The van der Waals surface area contributed by atoms with Crippen LogP contribution in [-0.2, 0) is 11.2 Å². The van der Waals surface area contributed by atoms with Crippen LogP contribution in [0.25, 0.3) is 5.69 Å². The molecule has 144 valence electrons. The summed E-state index contributed by atoms with van der Waals surface area (Å²) in [7, 11) is 3.02. The summed E-state index contributed by atoms with van der Waals surface area (Å²) in [5, 5.41) is 12.6. The minimum absolute atomic E-state index is 0.365. The number of ether oxygens (including phenoxy) is 3. The van der Waals surface area contributed by atoms with Crippen molar-refractivity contribution in [3.63, 3.8) is 0 Å². The van der Waals surface area contributed by atoms with Crippen LogP contribution >= 0.6 is 11.8 Å². The number of tetrazole rings is 1. The summed E-state index contributed by atoms with van der Waals surface area (Å²) in [4.78, 5) is 12.5. The molecule has 9 heteroatoms. The number of esters is 1. The predicted octanol–water partition coefficient (Wildman–Crippen LogP) is 3.20. The average Bonchev–Trinajstić information content (AvgIpc) is 3.31. The minimum Gasteiger partial charge on any atom is -0.493 e. The number of aromatic nitrogens is 4. The fourth-order valence-corrected chi connectivity index (χ4v) is 4.14. The van der Waals surface area contributed by atoms with Crippen molar-refractivity contribution in [2.75, 3.05) is 14.2 Å². The average molecular weight is 398 g/mol. The second kappa shape index (κ2) is 7.51. The van der Waals surface area contributed by atoms with E-state index in [-0.39, 0.29) is 0 Å². The van der Waals surface area contributed by atoms with Crippen molar-refractivity contribution in [3.05, 3.63) is 53.1 Å². The number of nitrogens with zero attached hydrogens (tertiary/aromatic N) is 4. The Balaban J connectivity index is 1.71.